The molecule has 10 heteroatoms. The fraction of sp³-hybridized carbons (Fsp3) is 0.259. The van der Waals surface area contributed by atoms with Crippen LogP contribution in [-0.2, 0) is 26.2 Å². The molecule has 1 N–H and O–H groups in total. The van der Waals surface area contributed by atoms with Crippen molar-refractivity contribution < 1.29 is 26.8 Å². The number of sulfonamides is 1. The molecule has 0 spiro atoms. The van der Waals surface area contributed by atoms with Crippen molar-refractivity contribution in [2.45, 2.75) is 38.3 Å². The van der Waals surface area contributed by atoms with Gasteiger partial charge in [0.15, 0.2) is 0 Å². The van der Waals surface area contributed by atoms with Crippen LogP contribution >= 0.6 is 0 Å². The third-order valence-electron chi connectivity index (χ3n) is 5.79. The summed E-state index contributed by atoms with van der Waals surface area (Å²) in [6, 6.07) is 15.4. The zero-order chi connectivity index (χ0) is 27.2. The van der Waals surface area contributed by atoms with Gasteiger partial charge in [-0.25, -0.2) is 17.2 Å². The number of rotatable bonds is 10. The summed E-state index contributed by atoms with van der Waals surface area (Å²) in [4.78, 5) is 27.5. The summed E-state index contributed by atoms with van der Waals surface area (Å²) < 4.78 is 55.2. The average Bonchev–Trinajstić information content (AvgIpc) is 2.87. The van der Waals surface area contributed by atoms with Crippen LogP contribution in [0.1, 0.15) is 25.0 Å². The Kier molecular flexibility index (Phi) is 8.99. The van der Waals surface area contributed by atoms with Gasteiger partial charge in [0, 0.05) is 13.1 Å². The fourth-order valence-corrected chi connectivity index (χ4v) is 5.08. The topological polar surface area (TPSA) is 86.8 Å². The molecule has 7 nitrogen and oxygen atoms in total. The number of carbonyl (C=O) groups excluding carboxylic acids is 2. The molecular formula is C27H29F2N3O4S. The van der Waals surface area contributed by atoms with Gasteiger partial charge in [-0.3, -0.25) is 13.9 Å². The number of halogens is 2. The van der Waals surface area contributed by atoms with Crippen molar-refractivity contribution >= 4 is 27.5 Å². The number of anilines is 1. The van der Waals surface area contributed by atoms with Gasteiger partial charge in [0.1, 0.15) is 24.2 Å². The van der Waals surface area contributed by atoms with Crippen LogP contribution < -0.4 is 9.62 Å². The summed E-state index contributed by atoms with van der Waals surface area (Å²) in [7, 11) is -4.23. The highest BCUT2D eigenvalue weighted by Gasteiger charge is 2.32. The zero-order valence-corrected chi connectivity index (χ0v) is 21.6. The summed E-state index contributed by atoms with van der Waals surface area (Å²) in [6.45, 7) is 4.72. The van der Waals surface area contributed by atoms with Gasteiger partial charge in [0.25, 0.3) is 10.0 Å². The second-order valence-electron chi connectivity index (χ2n) is 8.52. The number of benzene rings is 3. The van der Waals surface area contributed by atoms with Crippen LogP contribution in [0.5, 0.6) is 0 Å². The molecule has 0 radical (unpaired) electrons. The van der Waals surface area contributed by atoms with E-state index in [2.05, 4.69) is 5.32 Å². The summed E-state index contributed by atoms with van der Waals surface area (Å²) in [5.41, 5.74) is 1.49. The van der Waals surface area contributed by atoms with Crippen molar-refractivity contribution in [2.24, 2.45) is 0 Å². The molecule has 37 heavy (non-hydrogen) atoms. The largest absolute Gasteiger partial charge is 0.355 e. The molecule has 0 aliphatic carbocycles. The maximum absolute atomic E-state index is 13.6. The first-order valence-electron chi connectivity index (χ1n) is 11.7. The van der Waals surface area contributed by atoms with Gasteiger partial charge in [-0.15, -0.1) is 0 Å². The van der Waals surface area contributed by atoms with Crippen LogP contribution in [0, 0.1) is 18.6 Å². The number of nitrogens with zero attached hydrogens (tertiary/aromatic N) is 2. The highest BCUT2D eigenvalue weighted by atomic mass is 32.2. The van der Waals surface area contributed by atoms with Gasteiger partial charge in [-0.1, -0.05) is 29.8 Å². The van der Waals surface area contributed by atoms with Gasteiger partial charge < -0.3 is 10.2 Å². The minimum atomic E-state index is -4.23. The van der Waals surface area contributed by atoms with Crippen molar-refractivity contribution in [3.05, 3.63) is 95.6 Å². The van der Waals surface area contributed by atoms with Crippen molar-refractivity contribution in [2.75, 3.05) is 17.4 Å². The molecule has 2 amide bonds. The van der Waals surface area contributed by atoms with Gasteiger partial charge >= 0.3 is 0 Å². The lowest BCUT2D eigenvalue weighted by atomic mass is 10.1. The zero-order valence-electron chi connectivity index (χ0n) is 20.8. The second kappa shape index (κ2) is 12.0. The molecule has 0 bridgehead atoms. The standard InChI is InChI=1S/C27H29F2N3O4S/c1-4-30-27(34)20(3)31(17-21-7-9-22(28)10-8-21)26(33)18-32(24-13-11-23(29)12-14-24)37(35,36)25-15-5-19(2)6-16-25/h5-16,20H,4,17-18H2,1-3H3,(H,30,34)/t20-/m1/s1. The van der Waals surface area contributed by atoms with Crippen molar-refractivity contribution in [1.29, 1.82) is 0 Å². The van der Waals surface area contributed by atoms with Crippen LogP contribution in [-0.4, -0.2) is 44.3 Å². The van der Waals surface area contributed by atoms with Crippen LogP contribution in [0.4, 0.5) is 14.5 Å². The Bertz CT molecular complexity index is 1330. The highest BCUT2D eigenvalue weighted by molar-refractivity contribution is 7.92. The summed E-state index contributed by atoms with van der Waals surface area (Å²) >= 11 is 0. The smallest absolute Gasteiger partial charge is 0.264 e. The lowest BCUT2D eigenvalue weighted by molar-refractivity contribution is -0.139. The van der Waals surface area contributed by atoms with E-state index in [0.29, 0.717) is 12.1 Å². The number of amides is 2. The Labute approximate surface area is 215 Å². The Morgan fingerprint density at radius 2 is 1.43 bits per heavy atom. The predicted octanol–water partition coefficient (Wildman–Crippen LogP) is 4.02. The molecule has 0 heterocycles. The minimum absolute atomic E-state index is 0.0444. The number of likely N-dealkylation sites (N-methyl/N-ethyl adjacent to an activating group) is 1. The molecular weight excluding hydrogens is 500 g/mol. The number of hydrogen-bond acceptors (Lipinski definition) is 4. The second-order valence-corrected chi connectivity index (χ2v) is 10.4. The third kappa shape index (κ3) is 6.91. The van der Waals surface area contributed by atoms with Crippen molar-refractivity contribution in [1.82, 2.24) is 10.2 Å². The molecule has 1 atom stereocenters. The van der Waals surface area contributed by atoms with E-state index in [0.717, 1.165) is 22.0 Å². The van der Waals surface area contributed by atoms with E-state index >= 15 is 0 Å². The van der Waals surface area contributed by atoms with Crippen LogP contribution in [0.2, 0.25) is 0 Å². The van der Waals surface area contributed by atoms with Gasteiger partial charge in [0.2, 0.25) is 11.8 Å². The molecule has 0 unspecified atom stereocenters. The van der Waals surface area contributed by atoms with Crippen LogP contribution in [0.3, 0.4) is 0 Å². The molecule has 0 saturated carbocycles. The lowest BCUT2D eigenvalue weighted by Gasteiger charge is -2.32. The summed E-state index contributed by atoms with van der Waals surface area (Å²) in [6.07, 6.45) is 0. The Morgan fingerprint density at radius 1 is 0.892 bits per heavy atom. The van der Waals surface area contributed by atoms with Crippen molar-refractivity contribution in [3.8, 4) is 0 Å². The molecule has 0 aromatic heterocycles. The van der Waals surface area contributed by atoms with E-state index in [1.165, 1.54) is 60.4 Å². The lowest BCUT2D eigenvalue weighted by Crippen LogP contribution is -2.51. The van der Waals surface area contributed by atoms with Crippen LogP contribution in [0.15, 0.2) is 77.7 Å². The molecule has 3 rings (SSSR count). The van der Waals surface area contributed by atoms with Gasteiger partial charge in [0.05, 0.1) is 10.6 Å². The molecule has 0 aliphatic rings. The van der Waals surface area contributed by atoms with E-state index in [9.17, 15) is 26.8 Å². The van der Waals surface area contributed by atoms with E-state index in [-0.39, 0.29) is 17.1 Å². The Hall–Kier alpha value is -3.79. The van der Waals surface area contributed by atoms with Gasteiger partial charge in [-0.05, 0) is 74.9 Å². The minimum Gasteiger partial charge on any atom is -0.355 e. The van der Waals surface area contributed by atoms with E-state index in [4.69, 9.17) is 0 Å². The number of nitrogens with one attached hydrogen (secondary N) is 1. The first-order chi connectivity index (χ1) is 17.5. The molecule has 0 aliphatic heterocycles. The molecule has 3 aromatic rings. The quantitative estimate of drug-likeness (QED) is 0.430. The van der Waals surface area contributed by atoms with Crippen LogP contribution in [0.25, 0.3) is 0 Å². The maximum atomic E-state index is 13.6. The fourth-order valence-electron chi connectivity index (χ4n) is 3.66. The number of carbonyl (C=O) groups is 2. The van der Waals surface area contributed by atoms with Crippen molar-refractivity contribution in [3.63, 3.8) is 0 Å². The predicted molar refractivity (Wildman–Crippen MR) is 137 cm³/mol. The Morgan fingerprint density at radius 3 is 1.97 bits per heavy atom. The average molecular weight is 530 g/mol. The normalized spacial score (nSPS) is 12.0. The molecule has 196 valence electrons. The SMILES string of the molecule is CCNC(=O)[C@@H](C)N(Cc1ccc(F)cc1)C(=O)CN(c1ccc(F)cc1)S(=O)(=O)c1ccc(C)cc1. The number of aryl methyl sites for hydroxylation is 1. The molecule has 3 aromatic carbocycles. The monoisotopic (exact) mass is 529 g/mol. The molecule has 0 saturated heterocycles. The van der Waals surface area contributed by atoms with Gasteiger partial charge in [-0.2, -0.15) is 0 Å². The summed E-state index contributed by atoms with van der Waals surface area (Å²) in [5, 5.41) is 2.66. The van der Waals surface area contributed by atoms with E-state index in [1.807, 2.05) is 6.92 Å². The third-order valence-corrected chi connectivity index (χ3v) is 7.58. The number of hydrogen-bond donors (Lipinski definition) is 1. The first kappa shape index (κ1) is 27.8. The summed E-state index contributed by atoms with van der Waals surface area (Å²) in [5.74, 6) is -2.11. The Balaban J connectivity index is 2.01. The first-order valence-corrected chi connectivity index (χ1v) is 13.1. The van der Waals surface area contributed by atoms with E-state index < -0.39 is 46.1 Å². The molecule has 0 fully saturated rings. The van der Waals surface area contributed by atoms with E-state index in [1.54, 1.807) is 19.1 Å². The maximum Gasteiger partial charge on any atom is 0.264 e. The highest BCUT2D eigenvalue weighted by Crippen LogP contribution is 2.25.